The molecular weight excluding hydrogens is 262 g/mol. The molecule has 0 bridgehead atoms. The van der Waals surface area contributed by atoms with E-state index in [0.29, 0.717) is 13.0 Å². The fourth-order valence-electron chi connectivity index (χ4n) is 2.42. The van der Waals surface area contributed by atoms with E-state index in [1.54, 1.807) is 4.90 Å². The van der Waals surface area contributed by atoms with Crippen molar-refractivity contribution in [2.45, 2.75) is 52.5 Å². The van der Waals surface area contributed by atoms with Crippen LogP contribution in [0.25, 0.3) is 0 Å². The molecule has 0 aliphatic carbocycles. The summed E-state index contributed by atoms with van der Waals surface area (Å²) < 4.78 is 23.2. The van der Waals surface area contributed by atoms with Crippen LogP contribution < -0.4 is 0 Å². The van der Waals surface area contributed by atoms with Crippen LogP contribution >= 0.6 is 0 Å². The molecule has 1 aliphatic heterocycles. The fraction of sp³-hybridized carbons (Fsp3) is 0.786. The maximum Gasteiger partial charge on any atom is 0.249 e. The van der Waals surface area contributed by atoms with Gasteiger partial charge in [-0.25, -0.2) is 8.42 Å². The first-order valence-corrected chi connectivity index (χ1v) is 8.91. The Labute approximate surface area is 116 Å². The van der Waals surface area contributed by atoms with Gasteiger partial charge in [0.15, 0.2) is 9.84 Å². The van der Waals surface area contributed by atoms with Gasteiger partial charge < -0.3 is 4.90 Å². The lowest BCUT2D eigenvalue weighted by molar-refractivity contribution is -0.129. The molecule has 0 N–H and O–H groups in total. The van der Waals surface area contributed by atoms with Crippen molar-refractivity contribution in [3.8, 4) is 0 Å². The summed E-state index contributed by atoms with van der Waals surface area (Å²) in [5, 5.41) is 0. The lowest BCUT2D eigenvalue weighted by Gasteiger charge is -2.28. The smallest absolute Gasteiger partial charge is 0.249 e. The maximum absolute atomic E-state index is 12.4. The third-order valence-electron chi connectivity index (χ3n) is 3.51. The van der Waals surface area contributed by atoms with Gasteiger partial charge in [0.25, 0.3) is 0 Å². The van der Waals surface area contributed by atoms with Gasteiger partial charge in [0.05, 0.1) is 11.5 Å². The molecule has 0 aromatic carbocycles. The number of rotatable bonds is 6. The highest BCUT2D eigenvalue weighted by Gasteiger charge is 2.34. The van der Waals surface area contributed by atoms with E-state index in [1.165, 1.54) is 0 Å². The Kier molecular flexibility index (Phi) is 6.04. The highest BCUT2D eigenvalue weighted by molar-refractivity contribution is 7.91. The van der Waals surface area contributed by atoms with E-state index in [-0.39, 0.29) is 23.5 Å². The number of unbranched alkanes of at least 4 members (excludes halogenated alkanes) is 1. The summed E-state index contributed by atoms with van der Waals surface area (Å²) in [5.74, 6) is 0.337. The predicted octanol–water partition coefficient (Wildman–Crippen LogP) is 2.16. The van der Waals surface area contributed by atoms with E-state index in [2.05, 4.69) is 6.92 Å². The summed E-state index contributed by atoms with van der Waals surface area (Å²) in [5.41, 5.74) is 0.725. The second-order valence-corrected chi connectivity index (χ2v) is 7.43. The van der Waals surface area contributed by atoms with E-state index >= 15 is 0 Å². The minimum absolute atomic E-state index is 0.00241. The Hall–Kier alpha value is -0.840. The summed E-state index contributed by atoms with van der Waals surface area (Å²) >= 11 is 0. The third kappa shape index (κ3) is 4.64. The normalized spacial score (nSPS) is 22.5. The van der Waals surface area contributed by atoms with Crippen LogP contribution in [0.5, 0.6) is 0 Å². The van der Waals surface area contributed by atoms with Gasteiger partial charge in [-0.2, -0.15) is 0 Å². The lowest BCUT2D eigenvalue weighted by atomic mass is 10.1. The molecule has 4 nitrogen and oxygen atoms in total. The van der Waals surface area contributed by atoms with Crippen LogP contribution in [0.1, 0.15) is 46.5 Å². The molecule has 0 radical (unpaired) electrons. The Balaban J connectivity index is 2.83. The van der Waals surface area contributed by atoms with Crippen molar-refractivity contribution in [2.24, 2.45) is 0 Å². The van der Waals surface area contributed by atoms with E-state index < -0.39 is 9.84 Å². The minimum atomic E-state index is -2.95. The van der Waals surface area contributed by atoms with Gasteiger partial charge in [-0.15, -0.1) is 0 Å². The van der Waals surface area contributed by atoms with Crippen molar-refractivity contribution in [3.63, 3.8) is 0 Å². The van der Waals surface area contributed by atoms with Gasteiger partial charge in [-0.3, -0.25) is 4.79 Å². The molecule has 5 heteroatoms. The van der Waals surface area contributed by atoms with Crippen molar-refractivity contribution < 1.29 is 13.2 Å². The standard InChI is InChI=1S/C14H25NO3S/c1-4-6-9-15(14(16)12(3)7-5-2)13-8-10-19(17,18)11-13/h7,13H,4-6,8-11H2,1-3H3. The quantitative estimate of drug-likeness (QED) is 0.703. The summed E-state index contributed by atoms with van der Waals surface area (Å²) in [7, 11) is -2.95. The molecule has 0 aromatic heterocycles. The highest BCUT2D eigenvalue weighted by Crippen LogP contribution is 2.20. The molecule has 1 saturated heterocycles. The van der Waals surface area contributed by atoms with E-state index in [9.17, 15) is 13.2 Å². The van der Waals surface area contributed by atoms with Crippen molar-refractivity contribution >= 4 is 15.7 Å². The first-order valence-electron chi connectivity index (χ1n) is 7.09. The number of allylic oxidation sites excluding steroid dienone is 1. The molecular formula is C14H25NO3S. The SMILES string of the molecule is CCC=C(C)C(=O)N(CCCC)C1CCS(=O)(=O)C1. The van der Waals surface area contributed by atoms with Gasteiger partial charge in [0.2, 0.25) is 5.91 Å². The van der Waals surface area contributed by atoms with Crippen LogP contribution in [0.4, 0.5) is 0 Å². The average molecular weight is 287 g/mol. The number of carbonyl (C=O) groups excluding carboxylic acids is 1. The first-order chi connectivity index (χ1) is 8.91. The Bertz CT molecular complexity index is 440. The van der Waals surface area contributed by atoms with E-state index in [1.807, 2.05) is 19.9 Å². The van der Waals surface area contributed by atoms with Crippen LogP contribution in [0.2, 0.25) is 0 Å². The van der Waals surface area contributed by atoms with Crippen molar-refractivity contribution in [1.82, 2.24) is 4.90 Å². The molecule has 0 aromatic rings. The topological polar surface area (TPSA) is 54.5 Å². The Morgan fingerprint density at radius 2 is 2.05 bits per heavy atom. The molecule has 1 aliphatic rings. The largest absolute Gasteiger partial charge is 0.335 e. The second kappa shape index (κ2) is 7.08. The van der Waals surface area contributed by atoms with Gasteiger partial charge in [-0.05, 0) is 26.2 Å². The van der Waals surface area contributed by atoms with E-state index in [4.69, 9.17) is 0 Å². The lowest BCUT2D eigenvalue weighted by Crippen LogP contribution is -2.42. The number of carbonyl (C=O) groups is 1. The third-order valence-corrected chi connectivity index (χ3v) is 5.26. The first kappa shape index (κ1) is 16.2. The van der Waals surface area contributed by atoms with Gasteiger partial charge in [-0.1, -0.05) is 26.3 Å². The summed E-state index contributed by atoms with van der Waals surface area (Å²) in [6.07, 6.45) is 5.23. The number of nitrogens with zero attached hydrogens (tertiary/aromatic N) is 1. The van der Waals surface area contributed by atoms with Gasteiger partial charge >= 0.3 is 0 Å². The monoisotopic (exact) mass is 287 g/mol. The predicted molar refractivity (Wildman–Crippen MR) is 77.7 cm³/mol. The van der Waals surface area contributed by atoms with Crippen molar-refractivity contribution in [1.29, 1.82) is 0 Å². The maximum atomic E-state index is 12.4. The molecule has 1 amide bonds. The zero-order valence-corrected chi connectivity index (χ0v) is 13.0. The highest BCUT2D eigenvalue weighted by atomic mass is 32.2. The molecule has 110 valence electrons. The molecule has 1 unspecified atom stereocenters. The molecule has 0 spiro atoms. The summed E-state index contributed by atoms with van der Waals surface area (Å²) in [6.45, 7) is 6.54. The van der Waals surface area contributed by atoms with Gasteiger partial charge in [0, 0.05) is 18.2 Å². The molecule has 1 fully saturated rings. The van der Waals surface area contributed by atoms with Crippen LogP contribution in [0, 0.1) is 0 Å². The fourth-order valence-corrected chi connectivity index (χ4v) is 4.15. The number of hydrogen-bond donors (Lipinski definition) is 0. The zero-order valence-electron chi connectivity index (χ0n) is 12.2. The van der Waals surface area contributed by atoms with Crippen molar-refractivity contribution in [2.75, 3.05) is 18.1 Å². The zero-order chi connectivity index (χ0) is 14.5. The van der Waals surface area contributed by atoms with E-state index in [0.717, 1.165) is 24.8 Å². The second-order valence-electron chi connectivity index (χ2n) is 5.20. The molecule has 0 saturated carbocycles. The van der Waals surface area contributed by atoms with Gasteiger partial charge in [0.1, 0.15) is 0 Å². The van der Waals surface area contributed by atoms with Crippen molar-refractivity contribution in [3.05, 3.63) is 11.6 Å². The molecule has 19 heavy (non-hydrogen) atoms. The number of sulfone groups is 1. The number of hydrogen-bond acceptors (Lipinski definition) is 3. The summed E-state index contributed by atoms with van der Waals surface area (Å²) in [4.78, 5) is 14.2. The Morgan fingerprint density at radius 3 is 2.53 bits per heavy atom. The molecule has 1 atom stereocenters. The summed E-state index contributed by atoms with van der Waals surface area (Å²) in [6, 6.07) is -0.135. The van der Waals surface area contributed by atoms with Crippen LogP contribution in [0.3, 0.4) is 0 Å². The average Bonchev–Trinajstić information content (AvgIpc) is 2.70. The molecule has 1 heterocycles. The van der Waals surface area contributed by atoms with Crippen LogP contribution in [0.15, 0.2) is 11.6 Å². The van der Waals surface area contributed by atoms with Crippen LogP contribution in [-0.4, -0.2) is 43.3 Å². The minimum Gasteiger partial charge on any atom is -0.335 e. The Morgan fingerprint density at radius 1 is 1.37 bits per heavy atom. The van der Waals surface area contributed by atoms with Crippen LogP contribution in [-0.2, 0) is 14.6 Å². The molecule has 1 rings (SSSR count). The number of amides is 1.